The van der Waals surface area contributed by atoms with E-state index < -0.39 is 5.97 Å². The van der Waals surface area contributed by atoms with Crippen LogP contribution in [-0.4, -0.2) is 29.7 Å². The van der Waals surface area contributed by atoms with E-state index in [9.17, 15) is 14.0 Å². The minimum Gasteiger partial charge on any atom is -0.465 e. The van der Waals surface area contributed by atoms with E-state index in [1.807, 2.05) is 0 Å². The van der Waals surface area contributed by atoms with Crippen LogP contribution in [-0.2, 0) is 9.53 Å². The second kappa shape index (κ2) is 8.96. The number of nitrogens with one attached hydrogen (secondary N) is 1. The van der Waals surface area contributed by atoms with Crippen molar-refractivity contribution in [1.82, 2.24) is 4.98 Å². The number of thioether (sulfide) groups is 1. The fourth-order valence-electron chi connectivity index (χ4n) is 2.36. The molecule has 0 aliphatic heterocycles. The SMILES string of the molecule is COC(=O)c1ccc2nc(NC(=O)CCCSc3ccc(F)cc3)sc2c1. The average molecular weight is 404 g/mol. The highest BCUT2D eigenvalue weighted by Crippen LogP contribution is 2.27. The number of halogens is 1. The molecule has 0 bridgehead atoms. The van der Waals surface area contributed by atoms with Crippen LogP contribution in [0.4, 0.5) is 9.52 Å². The maximum absolute atomic E-state index is 12.9. The number of fused-ring (bicyclic) bond motifs is 1. The van der Waals surface area contributed by atoms with E-state index in [0.717, 1.165) is 20.9 Å². The minimum absolute atomic E-state index is 0.109. The van der Waals surface area contributed by atoms with Crippen LogP contribution in [0.5, 0.6) is 0 Å². The number of hydrogen-bond acceptors (Lipinski definition) is 6. The highest BCUT2D eigenvalue weighted by molar-refractivity contribution is 7.99. The first kappa shape index (κ1) is 19.3. The zero-order valence-electron chi connectivity index (χ0n) is 14.5. The van der Waals surface area contributed by atoms with E-state index in [1.165, 1.54) is 30.6 Å². The molecule has 0 radical (unpaired) electrons. The maximum atomic E-state index is 12.9. The van der Waals surface area contributed by atoms with Crippen LogP contribution in [0.25, 0.3) is 10.2 Å². The Morgan fingerprint density at radius 1 is 1.22 bits per heavy atom. The van der Waals surface area contributed by atoms with E-state index in [1.54, 1.807) is 42.1 Å². The van der Waals surface area contributed by atoms with Gasteiger partial charge >= 0.3 is 5.97 Å². The van der Waals surface area contributed by atoms with Crippen LogP contribution in [0.2, 0.25) is 0 Å². The van der Waals surface area contributed by atoms with Crippen LogP contribution in [0, 0.1) is 5.82 Å². The van der Waals surface area contributed by atoms with E-state index in [-0.39, 0.29) is 11.7 Å². The van der Waals surface area contributed by atoms with Crippen LogP contribution in [0.3, 0.4) is 0 Å². The highest BCUT2D eigenvalue weighted by atomic mass is 32.2. The number of aromatic nitrogens is 1. The van der Waals surface area contributed by atoms with Crippen molar-refractivity contribution in [2.24, 2.45) is 0 Å². The third-order valence-corrected chi connectivity index (χ3v) is 5.72. The number of methoxy groups -OCH3 is 1. The van der Waals surface area contributed by atoms with E-state index in [4.69, 9.17) is 4.74 Å². The van der Waals surface area contributed by atoms with Crippen LogP contribution in [0.1, 0.15) is 23.2 Å². The molecule has 27 heavy (non-hydrogen) atoms. The van der Waals surface area contributed by atoms with Gasteiger partial charge in [-0.05, 0) is 54.6 Å². The van der Waals surface area contributed by atoms with Gasteiger partial charge in [-0.15, -0.1) is 11.8 Å². The van der Waals surface area contributed by atoms with Gasteiger partial charge in [-0.25, -0.2) is 14.2 Å². The summed E-state index contributed by atoms with van der Waals surface area (Å²) in [5.74, 6) is -0.00810. The molecule has 0 spiro atoms. The van der Waals surface area contributed by atoms with Gasteiger partial charge < -0.3 is 10.1 Å². The summed E-state index contributed by atoms with van der Waals surface area (Å²) >= 11 is 2.90. The van der Waals surface area contributed by atoms with Crippen LogP contribution >= 0.6 is 23.1 Å². The number of ether oxygens (including phenoxy) is 1. The summed E-state index contributed by atoms with van der Waals surface area (Å²) in [5, 5.41) is 3.30. The molecule has 0 aliphatic carbocycles. The summed E-state index contributed by atoms with van der Waals surface area (Å²) in [7, 11) is 1.33. The number of hydrogen-bond donors (Lipinski definition) is 1. The summed E-state index contributed by atoms with van der Waals surface area (Å²) in [4.78, 5) is 29.0. The number of thiazole rings is 1. The van der Waals surface area contributed by atoms with E-state index in [0.29, 0.717) is 23.5 Å². The summed E-state index contributed by atoms with van der Waals surface area (Å²) in [5.41, 5.74) is 1.17. The topological polar surface area (TPSA) is 68.3 Å². The number of carbonyl (C=O) groups excluding carboxylic acids is 2. The number of esters is 1. The molecule has 140 valence electrons. The first-order valence-electron chi connectivity index (χ1n) is 8.22. The Morgan fingerprint density at radius 2 is 2.00 bits per heavy atom. The fraction of sp³-hybridized carbons (Fsp3) is 0.211. The van der Waals surface area contributed by atoms with Gasteiger partial charge in [0.05, 0.1) is 22.9 Å². The molecule has 1 aromatic heterocycles. The molecule has 2 aromatic carbocycles. The number of anilines is 1. The lowest BCUT2D eigenvalue weighted by molar-refractivity contribution is -0.116. The quantitative estimate of drug-likeness (QED) is 0.350. The number of benzene rings is 2. The van der Waals surface area contributed by atoms with Crippen molar-refractivity contribution in [3.8, 4) is 0 Å². The number of nitrogens with zero attached hydrogens (tertiary/aromatic N) is 1. The standard InChI is InChI=1S/C19H17FN2O3S2/c1-25-18(24)12-4-9-15-16(11-12)27-19(21-15)22-17(23)3-2-10-26-14-7-5-13(20)6-8-14/h4-9,11H,2-3,10H2,1H3,(H,21,22,23). The van der Waals surface area contributed by atoms with Crippen molar-refractivity contribution >= 4 is 50.3 Å². The molecule has 0 fully saturated rings. The van der Waals surface area contributed by atoms with E-state index >= 15 is 0 Å². The Morgan fingerprint density at radius 3 is 2.74 bits per heavy atom. The zero-order valence-corrected chi connectivity index (χ0v) is 16.2. The monoisotopic (exact) mass is 404 g/mol. The molecule has 0 saturated heterocycles. The first-order valence-corrected chi connectivity index (χ1v) is 10.0. The smallest absolute Gasteiger partial charge is 0.337 e. The molecule has 0 saturated carbocycles. The van der Waals surface area contributed by atoms with Gasteiger partial charge in [0.1, 0.15) is 5.82 Å². The third kappa shape index (κ3) is 5.27. The summed E-state index contributed by atoms with van der Waals surface area (Å²) in [6.45, 7) is 0. The van der Waals surface area contributed by atoms with Crippen molar-refractivity contribution in [2.45, 2.75) is 17.7 Å². The largest absolute Gasteiger partial charge is 0.465 e. The summed E-state index contributed by atoms with van der Waals surface area (Å²) in [6, 6.07) is 11.4. The Kier molecular flexibility index (Phi) is 6.41. The predicted octanol–water partition coefficient (Wildman–Crippen LogP) is 4.73. The normalized spacial score (nSPS) is 10.7. The molecule has 0 aliphatic rings. The van der Waals surface area contributed by atoms with Gasteiger partial charge in [0, 0.05) is 11.3 Å². The lowest BCUT2D eigenvalue weighted by Crippen LogP contribution is -2.11. The van der Waals surface area contributed by atoms with Crippen molar-refractivity contribution in [1.29, 1.82) is 0 Å². The number of amides is 1. The Hall–Kier alpha value is -2.45. The lowest BCUT2D eigenvalue weighted by Gasteiger charge is -2.02. The summed E-state index contributed by atoms with van der Waals surface area (Å²) < 4.78 is 18.4. The first-order chi connectivity index (χ1) is 13.0. The van der Waals surface area contributed by atoms with Crippen molar-refractivity contribution in [3.63, 3.8) is 0 Å². The number of carbonyl (C=O) groups is 2. The van der Waals surface area contributed by atoms with Crippen LogP contribution in [0.15, 0.2) is 47.4 Å². The van der Waals surface area contributed by atoms with Gasteiger partial charge in [0.2, 0.25) is 5.91 Å². The van der Waals surface area contributed by atoms with Gasteiger partial charge in [-0.2, -0.15) is 0 Å². The Labute approximate surface area is 163 Å². The Bertz CT molecular complexity index is 957. The van der Waals surface area contributed by atoms with Gasteiger partial charge in [-0.1, -0.05) is 11.3 Å². The molecule has 1 N–H and O–H groups in total. The predicted molar refractivity (Wildman–Crippen MR) is 106 cm³/mol. The zero-order chi connectivity index (χ0) is 19.2. The molecule has 5 nitrogen and oxygen atoms in total. The Balaban J connectivity index is 1.50. The minimum atomic E-state index is -0.408. The van der Waals surface area contributed by atoms with Crippen molar-refractivity contribution in [2.75, 3.05) is 18.2 Å². The number of rotatable bonds is 7. The molecule has 1 heterocycles. The lowest BCUT2D eigenvalue weighted by atomic mass is 10.2. The van der Waals surface area contributed by atoms with Gasteiger partial charge in [-0.3, -0.25) is 4.79 Å². The second-order valence-electron chi connectivity index (χ2n) is 5.65. The van der Waals surface area contributed by atoms with Crippen LogP contribution < -0.4 is 5.32 Å². The molecule has 1 amide bonds. The molecule has 0 unspecified atom stereocenters. The molecular weight excluding hydrogens is 387 g/mol. The molecular formula is C19H17FN2O3S2. The van der Waals surface area contributed by atoms with E-state index in [2.05, 4.69) is 10.3 Å². The molecule has 3 rings (SSSR count). The molecule has 0 atom stereocenters. The highest BCUT2D eigenvalue weighted by Gasteiger charge is 2.11. The fourth-order valence-corrected chi connectivity index (χ4v) is 4.13. The van der Waals surface area contributed by atoms with Gasteiger partial charge in [0.15, 0.2) is 5.13 Å². The molecule has 8 heteroatoms. The third-order valence-electron chi connectivity index (χ3n) is 3.69. The second-order valence-corrected chi connectivity index (χ2v) is 7.85. The average Bonchev–Trinajstić information content (AvgIpc) is 3.07. The summed E-state index contributed by atoms with van der Waals surface area (Å²) in [6.07, 6.45) is 1.07. The van der Waals surface area contributed by atoms with Crippen molar-refractivity contribution in [3.05, 3.63) is 53.8 Å². The maximum Gasteiger partial charge on any atom is 0.337 e. The molecule has 3 aromatic rings. The van der Waals surface area contributed by atoms with Gasteiger partial charge in [0.25, 0.3) is 0 Å². The van der Waals surface area contributed by atoms with Crippen molar-refractivity contribution < 1.29 is 18.7 Å².